The molecule has 3 heteroatoms. The molecule has 0 amide bonds. The zero-order valence-electron chi connectivity index (χ0n) is 6.13. The Kier molecular flexibility index (Phi) is 1.44. The largest absolute Gasteiger partial charge is 0.376 e. The molecule has 2 aliphatic rings. The Balaban J connectivity index is 1.92. The molecule has 0 N–H and O–H groups in total. The summed E-state index contributed by atoms with van der Waals surface area (Å²) < 4.78 is 16.0. The first kappa shape index (κ1) is 6.58. The normalized spacial score (nSPS) is 47.1. The lowest BCUT2D eigenvalue weighted by Crippen LogP contribution is -2.22. The van der Waals surface area contributed by atoms with Crippen molar-refractivity contribution in [1.29, 1.82) is 0 Å². The highest BCUT2D eigenvalue weighted by atomic mass is 16.7. The zero-order valence-corrected chi connectivity index (χ0v) is 6.13. The highest BCUT2D eigenvalue weighted by Crippen LogP contribution is 2.29. The van der Waals surface area contributed by atoms with Gasteiger partial charge in [0.05, 0.1) is 32.5 Å². The molecule has 0 saturated carbocycles. The number of rotatable bonds is 0. The Morgan fingerprint density at radius 1 is 1.30 bits per heavy atom. The van der Waals surface area contributed by atoms with E-state index >= 15 is 0 Å². The second kappa shape index (κ2) is 2.19. The van der Waals surface area contributed by atoms with Crippen molar-refractivity contribution in [2.45, 2.75) is 18.6 Å². The Morgan fingerprint density at radius 3 is 2.80 bits per heavy atom. The monoisotopic (exact) mass is 144 g/mol. The molecule has 0 aliphatic carbocycles. The van der Waals surface area contributed by atoms with Crippen molar-refractivity contribution in [2.24, 2.45) is 0 Å². The maximum atomic E-state index is 5.43. The topological polar surface area (TPSA) is 31.0 Å². The summed E-state index contributed by atoms with van der Waals surface area (Å²) in [6.07, 6.45) is 0.226. The number of hydrogen-bond acceptors (Lipinski definition) is 3. The first-order chi connectivity index (χ1) is 4.81. The van der Waals surface area contributed by atoms with Crippen LogP contribution in [0.2, 0.25) is 0 Å². The first-order valence-corrected chi connectivity index (χ1v) is 3.64. The summed E-state index contributed by atoms with van der Waals surface area (Å²) in [5.41, 5.74) is -0.0508. The SMILES string of the molecule is CC1COCC2(CO1)CO2. The van der Waals surface area contributed by atoms with Crippen LogP contribution in [-0.2, 0) is 14.2 Å². The minimum atomic E-state index is -0.0508. The van der Waals surface area contributed by atoms with Crippen LogP contribution in [0, 0.1) is 0 Å². The molecular formula is C7H12O3. The van der Waals surface area contributed by atoms with E-state index in [2.05, 4.69) is 0 Å². The van der Waals surface area contributed by atoms with Crippen molar-refractivity contribution in [2.75, 3.05) is 26.4 Å². The van der Waals surface area contributed by atoms with E-state index in [-0.39, 0.29) is 11.7 Å². The maximum absolute atomic E-state index is 5.43. The average Bonchev–Trinajstić information content (AvgIpc) is 2.67. The Labute approximate surface area is 60.3 Å². The van der Waals surface area contributed by atoms with Crippen molar-refractivity contribution in [3.63, 3.8) is 0 Å². The predicted molar refractivity (Wildman–Crippen MR) is 34.9 cm³/mol. The zero-order chi connectivity index (χ0) is 7.03. The van der Waals surface area contributed by atoms with Gasteiger partial charge in [0.2, 0.25) is 0 Å². The van der Waals surface area contributed by atoms with Gasteiger partial charge in [0.1, 0.15) is 5.60 Å². The third-order valence-electron chi connectivity index (χ3n) is 1.90. The van der Waals surface area contributed by atoms with E-state index in [1.807, 2.05) is 6.92 Å². The van der Waals surface area contributed by atoms with E-state index in [9.17, 15) is 0 Å². The second-order valence-corrected chi connectivity index (χ2v) is 3.11. The fourth-order valence-electron chi connectivity index (χ4n) is 1.06. The van der Waals surface area contributed by atoms with Gasteiger partial charge in [-0.2, -0.15) is 0 Å². The van der Waals surface area contributed by atoms with Crippen LogP contribution >= 0.6 is 0 Å². The van der Waals surface area contributed by atoms with Crippen LogP contribution in [0.25, 0.3) is 0 Å². The van der Waals surface area contributed by atoms with Crippen LogP contribution < -0.4 is 0 Å². The van der Waals surface area contributed by atoms with Crippen molar-refractivity contribution in [1.82, 2.24) is 0 Å². The van der Waals surface area contributed by atoms with Gasteiger partial charge < -0.3 is 14.2 Å². The summed E-state index contributed by atoms with van der Waals surface area (Å²) in [6.45, 7) is 4.93. The molecule has 2 saturated heterocycles. The highest BCUT2D eigenvalue weighted by Gasteiger charge is 2.47. The van der Waals surface area contributed by atoms with E-state index in [1.165, 1.54) is 0 Å². The average molecular weight is 144 g/mol. The smallest absolute Gasteiger partial charge is 0.138 e. The summed E-state index contributed by atoms with van der Waals surface area (Å²) >= 11 is 0. The predicted octanol–water partition coefficient (Wildman–Crippen LogP) is 0.191. The molecule has 0 radical (unpaired) electrons. The number of ether oxygens (including phenoxy) is 3. The van der Waals surface area contributed by atoms with Crippen molar-refractivity contribution < 1.29 is 14.2 Å². The van der Waals surface area contributed by atoms with Gasteiger partial charge in [0.25, 0.3) is 0 Å². The van der Waals surface area contributed by atoms with Crippen LogP contribution in [0.5, 0.6) is 0 Å². The van der Waals surface area contributed by atoms with Gasteiger partial charge in [-0.05, 0) is 6.92 Å². The lowest BCUT2D eigenvalue weighted by molar-refractivity contribution is 0.0348. The molecule has 2 fully saturated rings. The van der Waals surface area contributed by atoms with Crippen molar-refractivity contribution >= 4 is 0 Å². The van der Waals surface area contributed by atoms with Crippen LogP contribution in [0.15, 0.2) is 0 Å². The van der Waals surface area contributed by atoms with Crippen molar-refractivity contribution in [3.8, 4) is 0 Å². The quantitative estimate of drug-likeness (QED) is 0.455. The fraction of sp³-hybridized carbons (Fsp3) is 1.00. The van der Waals surface area contributed by atoms with E-state index < -0.39 is 0 Å². The third kappa shape index (κ3) is 1.17. The number of hydrogen-bond donors (Lipinski definition) is 0. The second-order valence-electron chi connectivity index (χ2n) is 3.11. The molecule has 0 bridgehead atoms. The van der Waals surface area contributed by atoms with Crippen molar-refractivity contribution in [3.05, 3.63) is 0 Å². The maximum Gasteiger partial charge on any atom is 0.138 e. The van der Waals surface area contributed by atoms with Gasteiger partial charge in [-0.25, -0.2) is 0 Å². The molecule has 0 aromatic rings. The molecule has 2 aliphatic heterocycles. The highest BCUT2D eigenvalue weighted by molar-refractivity contribution is 4.93. The summed E-state index contributed by atoms with van der Waals surface area (Å²) in [6, 6.07) is 0. The summed E-state index contributed by atoms with van der Waals surface area (Å²) in [4.78, 5) is 0. The molecule has 10 heavy (non-hydrogen) atoms. The molecule has 2 unspecified atom stereocenters. The molecule has 3 nitrogen and oxygen atoms in total. The van der Waals surface area contributed by atoms with Gasteiger partial charge >= 0.3 is 0 Å². The first-order valence-electron chi connectivity index (χ1n) is 3.64. The Hall–Kier alpha value is -0.120. The van der Waals surface area contributed by atoms with Gasteiger partial charge in [-0.15, -0.1) is 0 Å². The van der Waals surface area contributed by atoms with E-state index in [0.717, 1.165) is 6.61 Å². The lowest BCUT2D eigenvalue weighted by Gasteiger charge is -2.06. The van der Waals surface area contributed by atoms with Crippen LogP contribution in [-0.4, -0.2) is 38.1 Å². The molecule has 58 valence electrons. The fourth-order valence-corrected chi connectivity index (χ4v) is 1.06. The summed E-state index contributed by atoms with van der Waals surface area (Å²) in [7, 11) is 0. The molecule has 2 heterocycles. The number of epoxide rings is 1. The van der Waals surface area contributed by atoms with E-state index in [1.54, 1.807) is 0 Å². The summed E-state index contributed by atoms with van der Waals surface area (Å²) in [5.74, 6) is 0. The third-order valence-corrected chi connectivity index (χ3v) is 1.90. The van der Waals surface area contributed by atoms with Crippen LogP contribution in [0.4, 0.5) is 0 Å². The van der Waals surface area contributed by atoms with Crippen LogP contribution in [0.1, 0.15) is 6.92 Å². The minimum Gasteiger partial charge on any atom is -0.376 e. The Morgan fingerprint density at radius 2 is 2.10 bits per heavy atom. The van der Waals surface area contributed by atoms with Gasteiger partial charge in [-0.3, -0.25) is 0 Å². The van der Waals surface area contributed by atoms with Gasteiger partial charge in [0.15, 0.2) is 0 Å². The molecule has 0 aromatic carbocycles. The molecule has 0 aromatic heterocycles. The molecule has 1 spiro atoms. The molecular weight excluding hydrogens is 132 g/mol. The van der Waals surface area contributed by atoms with E-state index in [4.69, 9.17) is 14.2 Å². The molecule has 2 rings (SSSR count). The Bertz CT molecular complexity index is 131. The van der Waals surface area contributed by atoms with Gasteiger partial charge in [0, 0.05) is 0 Å². The van der Waals surface area contributed by atoms with Crippen LogP contribution in [0.3, 0.4) is 0 Å². The molecule has 2 atom stereocenters. The standard InChI is InChI=1S/C7H12O3/c1-6-2-8-3-7(4-9-6)5-10-7/h6H,2-5H2,1H3. The lowest BCUT2D eigenvalue weighted by atomic mass is 10.2. The van der Waals surface area contributed by atoms with E-state index in [0.29, 0.717) is 19.8 Å². The minimum absolute atomic E-state index is 0.0508. The summed E-state index contributed by atoms with van der Waals surface area (Å²) in [5, 5.41) is 0. The van der Waals surface area contributed by atoms with Gasteiger partial charge in [-0.1, -0.05) is 0 Å².